The Bertz CT molecular complexity index is 417. The average Bonchev–Trinajstić information content (AvgIpc) is 2.93. The zero-order chi connectivity index (χ0) is 20.1. The first-order valence-electron chi connectivity index (χ1n) is 10.9. The summed E-state index contributed by atoms with van der Waals surface area (Å²) in [5.74, 6) is 0.805. The monoisotopic (exact) mass is 383 g/mol. The lowest BCUT2D eigenvalue weighted by atomic mass is 10.0. The van der Waals surface area contributed by atoms with Crippen LogP contribution in [0.4, 0.5) is 0 Å². The summed E-state index contributed by atoms with van der Waals surface area (Å²) in [5.41, 5.74) is 0. The van der Waals surface area contributed by atoms with E-state index in [1.807, 2.05) is 6.92 Å². The van der Waals surface area contributed by atoms with Gasteiger partial charge in [0.05, 0.1) is 25.3 Å². The van der Waals surface area contributed by atoms with Gasteiger partial charge in [-0.2, -0.15) is 5.06 Å². The van der Waals surface area contributed by atoms with Gasteiger partial charge in [-0.05, 0) is 19.8 Å². The van der Waals surface area contributed by atoms with Crippen molar-refractivity contribution in [1.82, 2.24) is 5.06 Å². The Morgan fingerprint density at radius 1 is 1.19 bits per heavy atom. The molecule has 0 aromatic rings. The molecular formula is C22H41NO4. The van der Waals surface area contributed by atoms with Crippen LogP contribution in [0.5, 0.6) is 0 Å². The summed E-state index contributed by atoms with van der Waals surface area (Å²) in [6.45, 7) is 11.2. The molecular weight excluding hydrogens is 342 g/mol. The van der Waals surface area contributed by atoms with E-state index < -0.39 is 0 Å². The molecule has 5 heteroatoms. The van der Waals surface area contributed by atoms with Crippen molar-refractivity contribution in [3.05, 3.63) is 12.3 Å². The van der Waals surface area contributed by atoms with Crippen molar-refractivity contribution in [1.29, 1.82) is 0 Å². The predicted octanol–water partition coefficient (Wildman–Crippen LogP) is 5.47. The third kappa shape index (κ3) is 10.7. The van der Waals surface area contributed by atoms with Gasteiger partial charge < -0.3 is 14.7 Å². The van der Waals surface area contributed by atoms with Crippen LogP contribution in [0, 0.1) is 5.92 Å². The molecule has 0 bridgehead atoms. The maximum absolute atomic E-state index is 12.2. The van der Waals surface area contributed by atoms with Crippen molar-refractivity contribution >= 4 is 5.97 Å². The van der Waals surface area contributed by atoms with Crippen LogP contribution in [0.1, 0.15) is 91.4 Å². The van der Waals surface area contributed by atoms with Gasteiger partial charge in [-0.3, -0.25) is 4.79 Å². The molecule has 0 spiro atoms. The predicted molar refractivity (Wildman–Crippen MR) is 109 cm³/mol. The molecule has 0 aliphatic carbocycles. The first-order valence-corrected chi connectivity index (χ1v) is 10.9. The van der Waals surface area contributed by atoms with Gasteiger partial charge in [0, 0.05) is 24.8 Å². The number of carbonyl (C=O) groups excluding carboxylic acids is 1. The lowest BCUT2D eigenvalue weighted by Crippen LogP contribution is -2.25. The van der Waals surface area contributed by atoms with E-state index in [2.05, 4.69) is 20.4 Å². The van der Waals surface area contributed by atoms with E-state index in [-0.39, 0.29) is 24.0 Å². The summed E-state index contributed by atoms with van der Waals surface area (Å²) in [6, 6.07) is 0.0443. The molecule has 158 valence electrons. The highest BCUT2D eigenvalue weighted by molar-refractivity contribution is 5.70. The summed E-state index contributed by atoms with van der Waals surface area (Å²) in [7, 11) is 0. The van der Waals surface area contributed by atoms with E-state index in [1.165, 1.54) is 37.2 Å². The molecule has 0 aromatic heterocycles. The molecule has 27 heavy (non-hydrogen) atoms. The fourth-order valence-electron chi connectivity index (χ4n) is 3.58. The van der Waals surface area contributed by atoms with Crippen LogP contribution in [0.25, 0.3) is 0 Å². The summed E-state index contributed by atoms with van der Waals surface area (Å²) < 4.78 is 11.4. The molecule has 1 fully saturated rings. The molecule has 3 atom stereocenters. The second-order valence-corrected chi connectivity index (χ2v) is 8.04. The Balaban J connectivity index is 2.22. The van der Waals surface area contributed by atoms with E-state index in [9.17, 15) is 10.0 Å². The minimum atomic E-state index is -0.205. The number of nitrogens with zero attached hydrogens (tertiary/aromatic N) is 1. The first-order chi connectivity index (χ1) is 13.0. The molecule has 1 N–H and O–H groups in total. The second-order valence-electron chi connectivity index (χ2n) is 8.04. The SMILES string of the molecule is C=C(CCCCCCCC)OCC(CCC)CC(=O)O[C@@H]1CC(C)N(O)C1. The van der Waals surface area contributed by atoms with E-state index in [4.69, 9.17) is 9.47 Å². The highest BCUT2D eigenvalue weighted by Crippen LogP contribution is 2.21. The number of hydroxylamine groups is 2. The van der Waals surface area contributed by atoms with Crippen molar-refractivity contribution in [3.63, 3.8) is 0 Å². The number of hydrogen-bond donors (Lipinski definition) is 1. The van der Waals surface area contributed by atoms with Gasteiger partial charge in [-0.15, -0.1) is 0 Å². The van der Waals surface area contributed by atoms with Crippen LogP contribution >= 0.6 is 0 Å². The molecule has 1 heterocycles. The van der Waals surface area contributed by atoms with Crippen molar-refractivity contribution in [3.8, 4) is 0 Å². The number of ether oxygens (including phenoxy) is 2. The maximum atomic E-state index is 12.2. The summed E-state index contributed by atoms with van der Waals surface area (Å²) in [6.07, 6.45) is 11.3. The molecule has 1 aliphatic rings. The molecule has 0 saturated carbocycles. The lowest BCUT2D eigenvalue weighted by molar-refractivity contribution is -0.152. The van der Waals surface area contributed by atoms with E-state index in [1.54, 1.807) is 0 Å². The summed E-state index contributed by atoms with van der Waals surface area (Å²) in [5, 5.41) is 10.9. The zero-order valence-corrected chi connectivity index (χ0v) is 17.8. The standard InChI is InChI=1S/C22H41NO4/c1-5-7-8-9-10-11-13-19(4)26-17-20(12-6-2)15-22(24)27-21-14-18(3)23(25)16-21/h18,20-21,25H,4-17H2,1-3H3/t18?,20?,21-/m1/s1. The first kappa shape index (κ1) is 24.0. The minimum Gasteiger partial charge on any atom is -0.498 e. The van der Waals surface area contributed by atoms with Gasteiger partial charge in [0.1, 0.15) is 6.10 Å². The number of carbonyl (C=O) groups is 1. The second kappa shape index (κ2) is 14.0. The van der Waals surface area contributed by atoms with Crippen LogP contribution in [-0.4, -0.2) is 41.5 Å². The largest absolute Gasteiger partial charge is 0.498 e. The maximum Gasteiger partial charge on any atom is 0.306 e. The number of esters is 1. The molecule has 1 rings (SSSR count). The Kier molecular flexibility index (Phi) is 12.4. The quantitative estimate of drug-likeness (QED) is 0.231. The van der Waals surface area contributed by atoms with Crippen LogP contribution in [0.2, 0.25) is 0 Å². The molecule has 0 amide bonds. The Hall–Kier alpha value is -1.07. The molecule has 1 saturated heterocycles. The molecule has 1 aliphatic heterocycles. The summed E-state index contributed by atoms with van der Waals surface area (Å²) >= 11 is 0. The fraction of sp³-hybridized carbons (Fsp3) is 0.864. The van der Waals surface area contributed by atoms with Gasteiger partial charge in [0.25, 0.3) is 0 Å². The molecule has 2 unspecified atom stereocenters. The smallest absolute Gasteiger partial charge is 0.306 e. The van der Waals surface area contributed by atoms with Crippen molar-refractivity contribution in [2.24, 2.45) is 5.92 Å². The lowest BCUT2D eigenvalue weighted by Gasteiger charge is -2.19. The topological polar surface area (TPSA) is 59.0 Å². The number of unbranched alkanes of at least 4 members (excludes halogenated alkanes) is 5. The van der Waals surface area contributed by atoms with Crippen LogP contribution in [-0.2, 0) is 14.3 Å². The normalized spacial score (nSPS) is 21.2. The van der Waals surface area contributed by atoms with Crippen LogP contribution in [0.15, 0.2) is 12.3 Å². The average molecular weight is 384 g/mol. The highest BCUT2D eigenvalue weighted by atomic mass is 16.6. The third-order valence-corrected chi connectivity index (χ3v) is 5.29. The van der Waals surface area contributed by atoms with Crippen LogP contribution in [0.3, 0.4) is 0 Å². The number of hydrogen-bond acceptors (Lipinski definition) is 5. The van der Waals surface area contributed by atoms with Crippen LogP contribution < -0.4 is 0 Å². The third-order valence-electron chi connectivity index (χ3n) is 5.29. The molecule has 5 nitrogen and oxygen atoms in total. The van der Waals surface area contributed by atoms with Crippen molar-refractivity contribution in [2.45, 2.75) is 104 Å². The summed E-state index contributed by atoms with van der Waals surface area (Å²) in [4.78, 5) is 12.2. The Morgan fingerprint density at radius 2 is 1.89 bits per heavy atom. The van der Waals surface area contributed by atoms with Crippen molar-refractivity contribution < 1.29 is 19.5 Å². The van der Waals surface area contributed by atoms with Gasteiger partial charge in [0.2, 0.25) is 0 Å². The minimum absolute atomic E-state index is 0.0443. The van der Waals surface area contributed by atoms with E-state index in [0.29, 0.717) is 26.0 Å². The van der Waals surface area contributed by atoms with E-state index >= 15 is 0 Å². The van der Waals surface area contributed by atoms with Gasteiger partial charge >= 0.3 is 5.97 Å². The molecule has 0 radical (unpaired) electrons. The zero-order valence-electron chi connectivity index (χ0n) is 17.8. The van der Waals surface area contributed by atoms with E-state index in [0.717, 1.165) is 31.4 Å². The Labute approximate surface area is 166 Å². The number of allylic oxidation sites excluding steroid dienone is 1. The number of rotatable bonds is 15. The fourth-order valence-corrected chi connectivity index (χ4v) is 3.58. The van der Waals surface area contributed by atoms with Crippen molar-refractivity contribution in [2.75, 3.05) is 13.2 Å². The highest BCUT2D eigenvalue weighted by Gasteiger charge is 2.31. The Morgan fingerprint density at radius 3 is 2.52 bits per heavy atom. The van der Waals surface area contributed by atoms with Gasteiger partial charge in [-0.25, -0.2) is 0 Å². The molecule has 0 aromatic carbocycles. The van der Waals surface area contributed by atoms with Gasteiger partial charge in [-0.1, -0.05) is 59.0 Å². The van der Waals surface area contributed by atoms with Gasteiger partial charge in [0.15, 0.2) is 0 Å².